The second kappa shape index (κ2) is 6.61. The summed E-state index contributed by atoms with van der Waals surface area (Å²) < 4.78 is 0. The van der Waals surface area contributed by atoms with Crippen LogP contribution in [-0.2, 0) is 4.79 Å². The van der Waals surface area contributed by atoms with Gasteiger partial charge in [0, 0.05) is 20.1 Å². The third-order valence-corrected chi connectivity index (χ3v) is 4.04. The lowest BCUT2D eigenvalue weighted by molar-refractivity contribution is -0.137. The van der Waals surface area contributed by atoms with E-state index in [9.17, 15) is 9.59 Å². The van der Waals surface area contributed by atoms with Crippen LogP contribution in [0.15, 0.2) is 0 Å². The maximum atomic E-state index is 11.8. The van der Waals surface area contributed by atoms with Gasteiger partial charge in [-0.05, 0) is 24.7 Å². The number of nitrogens with one attached hydrogen (secondary N) is 1. The highest BCUT2D eigenvalue weighted by molar-refractivity contribution is 5.75. The third kappa shape index (κ3) is 4.20. The number of carbonyl (C=O) groups is 2. The normalized spacial score (nSPS) is 17.4. The number of rotatable bonds is 6. The summed E-state index contributed by atoms with van der Waals surface area (Å²) in [5.74, 6) is -0.879. The number of carbonyl (C=O) groups excluding carboxylic acids is 1. The van der Waals surface area contributed by atoms with Crippen molar-refractivity contribution in [1.29, 1.82) is 0 Å². The van der Waals surface area contributed by atoms with Gasteiger partial charge in [0.25, 0.3) is 0 Å². The second-order valence-electron chi connectivity index (χ2n) is 5.28. The minimum absolute atomic E-state index is 0.0111. The number of urea groups is 1. The monoisotopic (exact) mass is 256 g/mol. The van der Waals surface area contributed by atoms with Crippen molar-refractivity contribution in [3.05, 3.63) is 0 Å². The largest absolute Gasteiger partial charge is 0.481 e. The standard InChI is InChI=1S/C13H24N2O3/c1-3-13(7-4-5-8-13)10-14-12(18)15(2)9-6-11(16)17/h3-10H2,1-2H3,(H,14,18)(H,16,17). The zero-order valence-corrected chi connectivity index (χ0v) is 11.4. The van der Waals surface area contributed by atoms with Crippen LogP contribution < -0.4 is 5.32 Å². The second-order valence-corrected chi connectivity index (χ2v) is 5.28. The molecular formula is C13H24N2O3. The van der Waals surface area contributed by atoms with Crippen LogP contribution in [0.5, 0.6) is 0 Å². The summed E-state index contributed by atoms with van der Waals surface area (Å²) in [6.45, 7) is 3.13. The Kier molecular flexibility index (Phi) is 5.44. The summed E-state index contributed by atoms with van der Waals surface area (Å²) in [4.78, 5) is 23.7. The molecule has 18 heavy (non-hydrogen) atoms. The van der Waals surface area contributed by atoms with E-state index in [2.05, 4.69) is 12.2 Å². The first-order valence-corrected chi connectivity index (χ1v) is 6.70. The Balaban J connectivity index is 2.33. The fourth-order valence-electron chi connectivity index (χ4n) is 2.54. The summed E-state index contributed by atoms with van der Waals surface area (Å²) in [6.07, 6.45) is 5.94. The Morgan fingerprint density at radius 1 is 1.33 bits per heavy atom. The molecule has 0 saturated heterocycles. The number of carboxylic acid groups (broad SMARTS) is 1. The van der Waals surface area contributed by atoms with Gasteiger partial charge in [0.15, 0.2) is 0 Å². The molecule has 1 aliphatic carbocycles. The summed E-state index contributed by atoms with van der Waals surface area (Å²) in [5.41, 5.74) is 0.267. The number of carboxylic acids is 1. The molecule has 104 valence electrons. The summed E-state index contributed by atoms with van der Waals surface area (Å²) >= 11 is 0. The van der Waals surface area contributed by atoms with Crippen molar-refractivity contribution in [3.8, 4) is 0 Å². The van der Waals surface area contributed by atoms with E-state index in [-0.39, 0.29) is 24.4 Å². The van der Waals surface area contributed by atoms with Crippen molar-refractivity contribution in [2.45, 2.75) is 45.4 Å². The average molecular weight is 256 g/mol. The van der Waals surface area contributed by atoms with Crippen LogP contribution in [0.2, 0.25) is 0 Å². The highest BCUT2D eigenvalue weighted by Gasteiger charge is 2.32. The molecule has 0 aliphatic heterocycles. The summed E-state index contributed by atoms with van der Waals surface area (Å²) in [5, 5.41) is 11.5. The van der Waals surface area contributed by atoms with E-state index in [4.69, 9.17) is 5.11 Å². The molecule has 2 amide bonds. The predicted octanol–water partition coefficient (Wildman–Crippen LogP) is 2.07. The summed E-state index contributed by atoms with van der Waals surface area (Å²) in [6, 6.07) is -0.170. The number of amides is 2. The van der Waals surface area contributed by atoms with Crippen LogP contribution in [0, 0.1) is 5.41 Å². The van der Waals surface area contributed by atoms with Crippen LogP contribution in [0.25, 0.3) is 0 Å². The molecule has 0 aromatic carbocycles. The Morgan fingerprint density at radius 3 is 2.44 bits per heavy atom. The molecule has 5 heteroatoms. The summed E-state index contributed by atoms with van der Waals surface area (Å²) in [7, 11) is 1.63. The Morgan fingerprint density at radius 2 is 1.94 bits per heavy atom. The fourth-order valence-corrected chi connectivity index (χ4v) is 2.54. The smallest absolute Gasteiger partial charge is 0.317 e. The van der Waals surface area contributed by atoms with Crippen molar-refractivity contribution >= 4 is 12.0 Å². The molecule has 0 aromatic rings. The van der Waals surface area contributed by atoms with E-state index >= 15 is 0 Å². The maximum Gasteiger partial charge on any atom is 0.317 e. The lowest BCUT2D eigenvalue weighted by Crippen LogP contribution is -2.43. The van der Waals surface area contributed by atoms with Crippen LogP contribution >= 0.6 is 0 Å². The fraction of sp³-hybridized carbons (Fsp3) is 0.846. The molecule has 0 aromatic heterocycles. The van der Waals surface area contributed by atoms with Gasteiger partial charge in [-0.15, -0.1) is 0 Å². The lowest BCUT2D eigenvalue weighted by atomic mass is 9.83. The zero-order valence-electron chi connectivity index (χ0n) is 11.4. The molecule has 1 aliphatic rings. The van der Waals surface area contributed by atoms with E-state index in [1.165, 1.54) is 30.6 Å². The van der Waals surface area contributed by atoms with Gasteiger partial charge in [0.2, 0.25) is 0 Å². The van der Waals surface area contributed by atoms with Gasteiger partial charge in [-0.1, -0.05) is 19.8 Å². The first kappa shape index (κ1) is 14.8. The Hall–Kier alpha value is -1.26. The van der Waals surface area contributed by atoms with Crippen LogP contribution in [-0.4, -0.2) is 42.1 Å². The first-order valence-electron chi connectivity index (χ1n) is 6.70. The minimum atomic E-state index is -0.879. The Bertz CT molecular complexity index is 299. The quantitative estimate of drug-likeness (QED) is 0.764. The van der Waals surface area contributed by atoms with Gasteiger partial charge >= 0.3 is 12.0 Å². The number of aliphatic carboxylic acids is 1. The van der Waals surface area contributed by atoms with Crippen LogP contribution in [0.4, 0.5) is 4.79 Å². The van der Waals surface area contributed by atoms with E-state index in [1.54, 1.807) is 7.05 Å². The molecule has 0 heterocycles. The van der Waals surface area contributed by atoms with E-state index in [0.717, 1.165) is 6.42 Å². The molecule has 2 N–H and O–H groups in total. The van der Waals surface area contributed by atoms with Gasteiger partial charge in [-0.2, -0.15) is 0 Å². The molecule has 1 fully saturated rings. The van der Waals surface area contributed by atoms with Gasteiger partial charge in [0.05, 0.1) is 6.42 Å². The van der Waals surface area contributed by atoms with Gasteiger partial charge in [-0.25, -0.2) is 4.79 Å². The van der Waals surface area contributed by atoms with Crippen molar-refractivity contribution in [2.75, 3.05) is 20.1 Å². The lowest BCUT2D eigenvalue weighted by Gasteiger charge is -2.29. The van der Waals surface area contributed by atoms with E-state index < -0.39 is 5.97 Å². The van der Waals surface area contributed by atoms with E-state index in [1.807, 2.05) is 0 Å². The molecule has 0 radical (unpaired) electrons. The van der Waals surface area contributed by atoms with Crippen LogP contribution in [0.3, 0.4) is 0 Å². The van der Waals surface area contributed by atoms with Crippen molar-refractivity contribution in [3.63, 3.8) is 0 Å². The van der Waals surface area contributed by atoms with Gasteiger partial charge < -0.3 is 15.3 Å². The Labute approximate surface area is 109 Å². The molecule has 5 nitrogen and oxygen atoms in total. The first-order chi connectivity index (χ1) is 8.49. The number of nitrogens with zero attached hydrogens (tertiary/aromatic N) is 1. The predicted molar refractivity (Wildman–Crippen MR) is 69.5 cm³/mol. The average Bonchev–Trinajstić information content (AvgIpc) is 2.82. The van der Waals surface area contributed by atoms with E-state index in [0.29, 0.717) is 6.54 Å². The molecule has 0 atom stereocenters. The highest BCUT2D eigenvalue weighted by Crippen LogP contribution is 2.40. The van der Waals surface area contributed by atoms with Gasteiger partial charge in [-0.3, -0.25) is 4.79 Å². The molecule has 0 spiro atoms. The van der Waals surface area contributed by atoms with Crippen molar-refractivity contribution in [2.24, 2.45) is 5.41 Å². The van der Waals surface area contributed by atoms with Crippen molar-refractivity contribution in [1.82, 2.24) is 10.2 Å². The molecule has 0 bridgehead atoms. The minimum Gasteiger partial charge on any atom is -0.481 e. The topological polar surface area (TPSA) is 69.6 Å². The third-order valence-electron chi connectivity index (χ3n) is 4.04. The van der Waals surface area contributed by atoms with Gasteiger partial charge in [0.1, 0.15) is 0 Å². The van der Waals surface area contributed by atoms with Crippen molar-refractivity contribution < 1.29 is 14.7 Å². The highest BCUT2D eigenvalue weighted by atomic mass is 16.4. The molecular weight excluding hydrogens is 232 g/mol. The zero-order chi connectivity index (χ0) is 13.6. The number of hydrogen-bond acceptors (Lipinski definition) is 2. The maximum absolute atomic E-state index is 11.8. The molecule has 0 unspecified atom stereocenters. The van der Waals surface area contributed by atoms with Crippen LogP contribution in [0.1, 0.15) is 45.4 Å². The number of hydrogen-bond donors (Lipinski definition) is 2. The SMILES string of the molecule is CCC1(CNC(=O)N(C)CCC(=O)O)CCCC1. The molecule has 1 saturated carbocycles. The molecule has 1 rings (SSSR count).